The van der Waals surface area contributed by atoms with Crippen LogP contribution in [0.4, 0.5) is 0 Å². The van der Waals surface area contributed by atoms with Crippen molar-refractivity contribution in [2.75, 3.05) is 11.9 Å². The van der Waals surface area contributed by atoms with Crippen molar-refractivity contribution in [3.63, 3.8) is 0 Å². The zero-order valence-corrected chi connectivity index (χ0v) is 10.2. The van der Waals surface area contributed by atoms with Crippen LogP contribution in [0.2, 0.25) is 0 Å². The molecule has 2 nitrogen and oxygen atoms in total. The zero-order valence-electron chi connectivity index (χ0n) is 8.61. The van der Waals surface area contributed by atoms with Crippen LogP contribution in [0.15, 0.2) is 24.5 Å². The summed E-state index contributed by atoms with van der Waals surface area (Å²) in [4.78, 5) is 4.00. The summed E-state index contributed by atoms with van der Waals surface area (Å²) in [5, 5.41) is 0.977. The molecule has 0 aliphatic carbocycles. The molecule has 0 saturated carbocycles. The minimum atomic E-state index is 0.551. The van der Waals surface area contributed by atoms with E-state index in [1.54, 1.807) is 12.4 Å². The Labute approximate surface area is 93.8 Å². The number of rotatable bonds is 5. The fraction of sp³-hybridized carbons (Fsp3) is 0.545. The predicted molar refractivity (Wildman–Crippen MR) is 61.9 cm³/mol. The van der Waals surface area contributed by atoms with E-state index in [0.717, 1.165) is 17.7 Å². The monoisotopic (exact) mass is 257 g/mol. The van der Waals surface area contributed by atoms with Crippen molar-refractivity contribution >= 4 is 15.9 Å². The molecule has 0 radical (unpaired) electrons. The molecule has 0 aromatic carbocycles. The SMILES string of the molecule is CC(C)C(CBr)COc1cccnc1. The number of nitrogens with zero attached hydrogens (tertiary/aromatic N) is 1. The van der Waals surface area contributed by atoms with Crippen molar-refractivity contribution < 1.29 is 4.74 Å². The van der Waals surface area contributed by atoms with Crippen molar-refractivity contribution in [1.82, 2.24) is 4.98 Å². The Morgan fingerprint density at radius 2 is 2.29 bits per heavy atom. The zero-order chi connectivity index (χ0) is 10.4. The molecule has 14 heavy (non-hydrogen) atoms. The lowest BCUT2D eigenvalue weighted by atomic mass is 9.99. The van der Waals surface area contributed by atoms with Crippen LogP contribution < -0.4 is 4.74 Å². The second kappa shape index (κ2) is 6.02. The van der Waals surface area contributed by atoms with Crippen molar-refractivity contribution in [3.8, 4) is 5.75 Å². The van der Waals surface area contributed by atoms with Gasteiger partial charge >= 0.3 is 0 Å². The summed E-state index contributed by atoms with van der Waals surface area (Å²) in [5.41, 5.74) is 0. The minimum absolute atomic E-state index is 0.551. The molecule has 0 spiro atoms. The molecule has 0 aliphatic rings. The largest absolute Gasteiger partial charge is 0.492 e. The van der Waals surface area contributed by atoms with E-state index < -0.39 is 0 Å². The second-order valence-electron chi connectivity index (χ2n) is 3.66. The van der Waals surface area contributed by atoms with E-state index in [0.29, 0.717) is 11.8 Å². The number of ether oxygens (including phenoxy) is 1. The molecule has 1 atom stereocenters. The maximum absolute atomic E-state index is 5.63. The molecule has 1 aromatic rings. The van der Waals surface area contributed by atoms with E-state index in [9.17, 15) is 0 Å². The van der Waals surface area contributed by atoms with E-state index in [1.807, 2.05) is 12.1 Å². The van der Waals surface area contributed by atoms with Crippen LogP contribution in [-0.2, 0) is 0 Å². The van der Waals surface area contributed by atoms with E-state index >= 15 is 0 Å². The van der Waals surface area contributed by atoms with Crippen LogP contribution in [-0.4, -0.2) is 16.9 Å². The van der Waals surface area contributed by atoms with Gasteiger partial charge in [-0.15, -0.1) is 0 Å². The highest BCUT2D eigenvalue weighted by atomic mass is 79.9. The highest BCUT2D eigenvalue weighted by Gasteiger charge is 2.12. The predicted octanol–water partition coefficient (Wildman–Crippen LogP) is 3.13. The van der Waals surface area contributed by atoms with Crippen LogP contribution in [0, 0.1) is 11.8 Å². The Kier molecular flexibility index (Phi) is 4.94. The van der Waals surface area contributed by atoms with Crippen molar-refractivity contribution in [3.05, 3.63) is 24.5 Å². The molecule has 0 amide bonds. The molecular formula is C11H16BrNO. The van der Waals surface area contributed by atoms with Gasteiger partial charge in [-0.25, -0.2) is 0 Å². The van der Waals surface area contributed by atoms with Gasteiger partial charge in [0.2, 0.25) is 0 Å². The van der Waals surface area contributed by atoms with E-state index in [2.05, 4.69) is 34.8 Å². The summed E-state index contributed by atoms with van der Waals surface area (Å²) < 4.78 is 5.63. The van der Waals surface area contributed by atoms with E-state index in [1.165, 1.54) is 0 Å². The Morgan fingerprint density at radius 3 is 2.79 bits per heavy atom. The quantitative estimate of drug-likeness (QED) is 0.757. The van der Waals surface area contributed by atoms with Gasteiger partial charge in [0.15, 0.2) is 0 Å². The third-order valence-corrected chi connectivity index (χ3v) is 3.07. The fourth-order valence-corrected chi connectivity index (χ4v) is 1.99. The highest BCUT2D eigenvalue weighted by molar-refractivity contribution is 9.09. The van der Waals surface area contributed by atoms with Gasteiger partial charge in [-0.1, -0.05) is 29.8 Å². The van der Waals surface area contributed by atoms with Crippen molar-refractivity contribution in [2.24, 2.45) is 11.8 Å². The average molecular weight is 258 g/mol. The van der Waals surface area contributed by atoms with Crippen LogP contribution in [0.5, 0.6) is 5.75 Å². The molecule has 0 fully saturated rings. The van der Waals surface area contributed by atoms with Gasteiger partial charge in [-0.2, -0.15) is 0 Å². The van der Waals surface area contributed by atoms with Gasteiger partial charge in [-0.3, -0.25) is 4.98 Å². The lowest BCUT2D eigenvalue weighted by Gasteiger charge is -2.18. The summed E-state index contributed by atoms with van der Waals surface area (Å²) in [6.07, 6.45) is 3.49. The Hall–Kier alpha value is -0.570. The lowest BCUT2D eigenvalue weighted by molar-refractivity contribution is 0.227. The number of pyridine rings is 1. The van der Waals surface area contributed by atoms with Crippen LogP contribution in [0.25, 0.3) is 0 Å². The first kappa shape index (κ1) is 11.5. The molecular weight excluding hydrogens is 242 g/mol. The maximum Gasteiger partial charge on any atom is 0.137 e. The van der Waals surface area contributed by atoms with Gasteiger partial charge in [0, 0.05) is 17.4 Å². The molecule has 1 rings (SSSR count). The number of hydrogen-bond donors (Lipinski definition) is 0. The molecule has 1 aromatic heterocycles. The van der Waals surface area contributed by atoms with Crippen molar-refractivity contribution in [2.45, 2.75) is 13.8 Å². The second-order valence-corrected chi connectivity index (χ2v) is 4.31. The van der Waals surface area contributed by atoms with Gasteiger partial charge in [-0.05, 0) is 18.1 Å². The third kappa shape index (κ3) is 3.66. The molecule has 0 saturated heterocycles. The van der Waals surface area contributed by atoms with Crippen molar-refractivity contribution in [1.29, 1.82) is 0 Å². The third-order valence-electron chi connectivity index (χ3n) is 2.24. The van der Waals surface area contributed by atoms with Crippen LogP contribution >= 0.6 is 15.9 Å². The number of hydrogen-bond acceptors (Lipinski definition) is 2. The van der Waals surface area contributed by atoms with Gasteiger partial charge in [0.25, 0.3) is 0 Å². The highest BCUT2D eigenvalue weighted by Crippen LogP contribution is 2.16. The van der Waals surface area contributed by atoms with E-state index in [-0.39, 0.29) is 0 Å². The lowest BCUT2D eigenvalue weighted by Crippen LogP contribution is -2.19. The van der Waals surface area contributed by atoms with Gasteiger partial charge in [0.1, 0.15) is 5.75 Å². The van der Waals surface area contributed by atoms with Crippen LogP contribution in [0.1, 0.15) is 13.8 Å². The Morgan fingerprint density at radius 1 is 1.50 bits per heavy atom. The first-order valence-electron chi connectivity index (χ1n) is 4.83. The Bertz CT molecular complexity index is 251. The smallest absolute Gasteiger partial charge is 0.137 e. The molecule has 0 aliphatic heterocycles. The molecule has 0 bridgehead atoms. The topological polar surface area (TPSA) is 22.1 Å². The summed E-state index contributed by atoms with van der Waals surface area (Å²) in [6, 6.07) is 3.81. The van der Waals surface area contributed by atoms with Gasteiger partial charge < -0.3 is 4.74 Å². The fourth-order valence-electron chi connectivity index (χ4n) is 1.05. The maximum atomic E-state index is 5.63. The van der Waals surface area contributed by atoms with E-state index in [4.69, 9.17) is 4.74 Å². The summed E-state index contributed by atoms with van der Waals surface area (Å²) in [5.74, 6) is 2.03. The minimum Gasteiger partial charge on any atom is -0.492 e. The number of aromatic nitrogens is 1. The van der Waals surface area contributed by atoms with Crippen LogP contribution in [0.3, 0.4) is 0 Å². The molecule has 78 valence electrons. The van der Waals surface area contributed by atoms with Gasteiger partial charge in [0.05, 0.1) is 12.8 Å². The number of alkyl halides is 1. The standard InChI is InChI=1S/C11H16BrNO/c1-9(2)10(6-12)8-14-11-4-3-5-13-7-11/h3-5,7,9-10H,6,8H2,1-2H3. The summed E-state index contributed by atoms with van der Waals surface area (Å²) in [6.45, 7) is 5.16. The number of halogens is 1. The Balaban J connectivity index is 2.40. The molecule has 0 N–H and O–H groups in total. The molecule has 3 heteroatoms. The normalized spacial score (nSPS) is 12.9. The summed E-state index contributed by atoms with van der Waals surface area (Å²) in [7, 11) is 0. The average Bonchev–Trinajstić information content (AvgIpc) is 2.20. The first-order valence-corrected chi connectivity index (χ1v) is 5.95. The summed E-state index contributed by atoms with van der Waals surface area (Å²) >= 11 is 3.49. The molecule has 1 unspecified atom stereocenters. The molecule has 1 heterocycles. The first-order chi connectivity index (χ1) is 6.74.